The number of aliphatic carboxylic acids is 3. The summed E-state index contributed by atoms with van der Waals surface area (Å²) in [6, 6.07) is 7.23. The van der Waals surface area contributed by atoms with Gasteiger partial charge in [0.2, 0.25) is 5.91 Å². The Hall–Kier alpha value is -2.27. The molecule has 0 aromatic heterocycles. The third kappa shape index (κ3) is 19.2. The zero-order valence-corrected chi connectivity index (χ0v) is 22.4. The van der Waals surface area contributed by atoms with E-state index in [1.54, 1.807) is 11.8 Å². The van der Waals surface area contributed by atoms with Crippen molar-refractivity contribution in [3.8, 4) is 0 Å². The number of nitrogens with zero attached hydrogens (tertiary/aromatic N) is 1. The van der Waals surface area contributed by atoms with Crippen LogP contribution in [0.4, 0.5) is 0 Å². The van der Waals surface area contributed by atoms with Crippen molar-refractivity contribution < 1.29 is 34.5 Å². The molecule has 0 aliphatic heterocycles. The van der Waals surface area contributed by atoms with Crippen LogP contribution in [0.1, 0.15) is 39.2 Å². The molecule has 0 saturated heterocycles. The number of amides is 1. The van der Waals surface area contributed by atoms with Gasteiger partial charge in [-0.2, -0.15) is 0 Å². The van der Waals surface area contributed by atoms with Gasteiger partial charge in [-0.1, -0.05) is 44.2 Å². The fourth-order valence-corrected chi connectivity index (χ4v) is 3.21. The van der Waals surface area contributed by atoms with Crippen molar-refractivity contribution >= 4 is 51.4 Å². The molecular weight excluding hydrogens is 529 g/mol. The number of nitrogens with two attached hydrogens (primary N) is 1. The molecule has 0 fully saturated rings. The van der Waals surface area contributed by atoms with E-state index in [-0.39, 0.29) is 11.8 Å². The number of thioether (sulfide) groups is 1. The quantitative estimate of drug-likeness (QED) is 0.237. The van der Waals surface area contributed by atoms with Gasteiger partial charge in [0.25, 0.3) is 0 Å². The average molecular weight is 565 g/mol. The second-order valence-electron chi connectivity index (χ2n) is 7.60. The van der Waals surface area contributed by atoms with Crippen molar-refractivity contribution in [2.45, 2.75) is 58.2 Å². The molecule has 0 saturated carbocycles. The van der Waals surface area contributed by atoms with E-state index in [0.29, 0.717) is 19.3 Å². The smallest absolute Gasteiger partial charge is 0.320 e. The summed E-state index contributed by atoms with van der Waals surface area (Å²) in [5, 5.41) is 28.0. The maximum absolute atomic E-state index is 10.6. The van der Waals surface area contributed by atoms with Gasteiger partial charge in [-0.15, -0.1) is 0 Å². The number of carbonyl (C=O) groups excluding carboxylic acids is 1. The monoisotopic (exact) mass is 565 g/mol. The third-order valence-electron chi connectivity index (χ3n) is 4.01. The predicted molar refractivity (Wildman–Crippen MR) is 133 cm³/mol. The van der Waals surface area contributed by atoms with Crippen molar-refractivity contribution in [1.29, 1.82) is 0 Å². The molecule has 0 aliphatic carbocycles. The van der Waals surface area contributed by atoms with E-state index >= 15 is 0 Å². The zero-order chi connectivity index (χ0) is 26.7. The zero-order valence-electron chi connectivity index (χ0n) is 19.8. The van der Waals surface area contributed by atoms with Gasteiger partial charge in [0.05, 0.1) is 0 Å². The van der Waals surface area contributed by atoms with Crippen LogP contribution in [0.3, 0.4) is 0 Å². The molecule has 0 heterocycles. The van der Waals surface area contributed by atoms with Crippen LogP contribution in [-0.4, -0.2) is 85.1 Å². The second kappa shape index (κ2) is 20.1. The van der Waals surface area contributed by atoms with E-state index in [2.05, 4.69) is 25.1 Å². The first-order valence-corrected chi connectivity index (χ1v) is 12.6. The van der Waals surface area contributed by atoms with Crippen LogP contribution in [0.25, 0.3) is 0 Å². The molecule has 0 bridgehead atoms. The summed E-state index contributed by atoms with van der Waals surface area (Å²) in [5.41, 5.74) is 6.30. The summed E-state index contributed by atoms with van der Waals surface area (Å²) in [6.07, 6.45) is 3.40. The largest absolute Gasteiger partial charge is 0.480 e. The van der Waals surface area contributed by atoms with Crippen LogP contribution in [-0.2, 0) is 25.6 Å². The Labute approximate surface area is 212 Å². The summed E-state index contributed by atoms with van der Waals surface area (Å²) in [6.45, 7) is 5.14. The van der Waals surface area contributed by atoms with Gasteiger partial charge >= 0.3 is 83.8 Å². The molecular formula is C22H35N3O7SSe. The van der Waals surface area contributed by atoms with Gasteiger partial charge in [-0.25, -0.2) is 4.79 Å². The topological polar surface area (TPSA) is 179 Å². The molecule has 192 valence electrons. The van der Waals surface area contributed by atoms with Crippen LogP contribution in [0.2, 0.25) is 0 Å². The van der Waals surface area contributed by atoms with Gasteiger partial charge < -0.3 is 21.3 Å². The Morgan fingerprint density at radius 1 is 1.06 bits per heavy atom. The van der Waals surface area contributed by atoms with Crippen molar-refractivity contribution in [2.24, 2.45) is 15.6 Å². The first-order chi connectivity index (χ1) is 15.8. The fraction of sp³-hybridized carbons (Fsp3) is 0.545. The second-order valence-corrected chi connectivity index (χ2v) is 9.02. The number of nitrogens with one attached hydrogen (secondary N) is 1. The Morgan fingerprint density at radius 2 is 1.62 bits per heavy atom. The van der Waals surface area contributed by atoms with E-state index in [9.17, 15) is 19.2 Å². The molecule has 3 atom stereocenters. The molecule has 1 aromatic carbocycles. The SMILES string of the molecule is CC(=O)N[C@@H](CC(C)C)C(=O)O.CSCC[C@H](N=[Se])C(=O)O.N[C@@H](Cc1ccccc1)C(=O)O. The van der Waals surface area contributed by atoms with Gasteiger partial charge in [0.1, 0.15) is 12.1 Å². The first-order valence-electron chi connectivity index (χ1n) is 10.4. The summed E-state index contributed by atoms with van der Waals surface area (Å²) in [5.74, 6) is -1.99. The average Bonchev–Trinajstić information content (AvgIpc) is 2.74. The number of hydrogen-bond donors (Lipinski definition) is 5. The predicted octanol–water partition coefficient (Wildman–Crippen LogP) is 1.81. The number of carboxylic acid groups (broad SMARTS) is 3. The third-order valence-corrected chi connectivity index (χ3v) is 5.18. The molecule has 1 amide bonds. The molecule has 0 aliphatic rings. The number of hydrogen-bond acceptors (Lipinski definition) is 7. The molecule has 12 heteroatoms. The van der Waals surface area contributed by atoms with E-state index in [1.807, 2.05) is 50.4 Å². The Morgan fingerprint density at radius 3 is 1.97 bits per heavy atom. The Bertz CT molecular complexity index is 766. The van der Waals surface area contributed by atoms with E-state index in [4.69, 9.17) is 21.1 Å². The minimum absolute atomic E-state index is 0.262. The summed E-state index contributed by atoms with van der Waals surface area (Å²) in [4.78, 5) is 41.8. The molecule has 34 heavy (non-hydrogen) atoms. The van der Waals surface area contributed by atoms with Crippen molar-refractivity contribution in [3.05, 3.63) is 35.9 Å². The minimum atomic E-state index is -0.973. The normalized spacial score (nSPS) is 12.5. The summed E-state index contributed by atoms with van der Waals surface area (Å²) < 4.78 is 3.59. The van der Waals surface area contributed by atoms with Gasteiger partial charge in [0, 0.05) is 6.92 Å². The molecule has 0 radical (unpaired) electrons. The van der Waals surface area contributed by atoms with Crippen LogP contribution in [0, 0.1) is 5.92 Å². The minimum Gasteiger partial charge on any atom is -0.480 e. The molecule has 10 nitrogen and oxygen atoms in total. The summed E-state index contributed by atoms with van der Waals surface area (Å²) in [7, 11) is 0. The van der Waals surface area contributed by atoms with Crippen molar-refractivity contribution in [1.82, 2.24) is 5.32 Å². The van der Waals surface area contributed by atoms with Crippen LogP contribution in [0.15, 0.2) is 34.3 Å². The van der Waals surface area contributed by atoms with E-state index in [1.165, 1.54) is 6.92 Å². The maximum Gasteiger partial charge on any atom is 0.320 e. The van der Waals surface area contributed by atoms with E-state index < -0.39 is 36.0 Å². The molecule has 6 N–H and O–H groups in total. The van der Waals surface area contributed by atoms with Gasteiger partial charge in [-0.05, 0) is 24.3 Å². The number of carbonyl (C=O) groups is 4. The number of carboxylic acids is 3. The standard InChI is InChI=1S/C9H11NO2.C8H15NO3.C5H9NO2SSe/c10-8(9(11)12)6-7-4-2-1-3-5-7;1-5(2)4-7(8(11)12)9-6(3)10;1-9-3-2-4(6-10)5(7)8/h1-5,8H,6,10H2,(H,11,12);5,7H,4H2,1-3H3,(H,9,10)(H,11,12);4H,2-3H2,1H3,(H,7,8)/t8-;7-;4-/m000/s1. The number of rotatable bonds is 12. The number of benzene rings is 1. The summed E-state index contributed by atoms with van der Waals surface area (Å²) >= 11 is 3.99. The van der Waals surface area contributed by atoms with Gasteiger partial charge in [0.15, 0.2) is 0 Å². The molecule has 0 spiro atoms. The van der Waals surface area contributed by atoms with Gasteiger partial charge in [-0.3, -0.25) is 9.59 Å². The van der Waals surface area contributed by atoms with E-state index in [0.717, 1.165) is 11.3 Å². The van der Waals surface area contributed by atoms with Crippen LogP contribution in [0.5, 0.6) is 0 Å². The molecule has 1 aromatic rings. The molecule has 1 rings (SSSR count). The molecule has 0 unspecified atom stereocenters. The Kier molecular flexibility index (Phi) is 20.1. The maximum atomic E-state index is 10.6. The fourth-order valence-electron chi connectivity index (χ4n) is 2.34. The van der Waals surface area contributed by atoms with Crippen LogP contribution >= 0.6 is 11.8 Å². The first kappa shape index (κ1) is 33.9. The van der Waals surface area contributed by atoms with Crippen molar-refractivity contribution in [3.63, 3.8) is 0 Å². The Balaban J connectivity index is 0. The van der Waals surface area contributed by atoms with Crippen molar-refractivity contribution in [2.75, 3.05) is 12.0 Å². The van der Waals surface area contributed by atoms with Crippen LogP contribution < -0.4 is 11.1 Å².